The highest BCUT2D eigenvalue weighted by molar-refractivity contribution is 5.95. The number of fused-ring (bicyclic) bond motifs is 1. The minimum absolute atomic E-state index is 0.186. The van der Waals surface area contributed by atoms with Gasteiger partial charge in [0.15, 0.2) is 11.5 Å². The molecule has 1 amide bonds. The predicted molar refractivity (Wildman–Crippen MR) is 83.5 cm³/mol. The van der Waals surface area contributed by atoms with E-state index >= 15 is 0 Å². The lowest BCUT2D eigenvalue weighted by atomic mass is 10.1. The molecule has 1 heterocycles. The summed E-state index contributed by atoms with van der Waals surface area (Å²) in [6.45, 7) is 4.23. The molecule has 0 aliphatic carbocycles. The van der Waals surface area contributed by atoms with Crippen LogP contribution >= 0.6 is 0 Å². The molecule has 5 nitrogen and oxygen atoms in total. The molecule has 0 atom stereocenters. The number of nitrogens with zero attached hydrogens (tertiary/aromatic N) is 1. The molecule has 1 aliphatic heterocycles. The average Bonchev–Trinajstić information content (AvgIpc) is 2.96. The summed E-state index contributed by atoms with van der Waals surface area (Å²) in [6, 6.07) is 11.1. The van der Waals surface area contributed by atoms with Crippen LogP contribution in [0.1, 0.15) is 27.0 Å². The van der Waals surface area contributed by atoms with Gasteiger partial charge < -0.3 is 9.47 Å². The van der Waals surface area contributed by atoms with E-state index < -0.39 is 0 Å². The van der Waals surface area contributed by atoms with Crippen molar-refractivity contribution in [2.45, 2.75) is 13.8 Å². The third-order valence-electron chi connectivity index (χ3n) is 3.43. The van der Waals surface area contributed by atoms with Crippen molar-refractivity contribution in [2.24, 2.45) is 5.10 Å². The van der Waals surface area contributed by atoms with Crippen molar-refractivity contribution in [1.82, 2.24) is 5.43 Å². The van der Waals surface area contributed by atoms with Gasteiger partial charge in [-0.1, -0.05) is 23.8 Å². The van der Waals surface area contributed by atoms with Crippen molar-refractivity contribution in [1.29, 1.82) is 0 Å². The van der Waals surface area contributed by atoms with E-state index in [0.29, 0.717) is 17.1 Å². The molecule has 22 heavy (non-hydrogen) atoms. The van der Waals surface area contributed by atoms with Gasteiger partial charge in [-0.2, -0.15) is 5.10 Å². The van der Waals surface area contributed by atoms with Crippen LogP contribution in [0.4, 0.5) is 0 Å². The normalized spacial score (nSPS) is 12.6. The Morgan fingerprint density at radius 1 is 1.14 bits per heavy atom. The first-order valence-electron chi connectivity index (χ1n) is 6.94. The van der Waals surface area contributed by atoms with Crippen molar-refractivity contribution < 1.29 is 14.3 Å². The highest BCUT2D eigenvalue weighted by atomic mass is 16.7. The van der Waals surface area contributed by atoms with E-state index in [1.807, 2.05) is 26.0 Å². The molecular formula is C17H16N2O3. The zero-order valence-electron chi connectivity index (χ0n) is 12.4. The Hall–Kier alpha value is -2.82. The van der Waals surface area contributed by atoms with Gasteiger partial charge in [0.1, 0.15) is 0 Å². The Kier molecular flexibility index (Phi) is 3.78. The number of ether oxygens (including phenoxy) is 2. The fourth-order valence-corrected chi connectivity index (χ4v) is 2.23. The van der Waals surface area contributed by atoms with Crippen LogP contribution in [0.15, 0.2) is 41.5 Å². The maximum atomic E-state index is 12.1. The molecule has 5 heteroatoms. The minimum atomic E-state index is -0.292. The van der Waals surface area contributed by atoms with E-state index in [4.69, 9.17) is 9.47 Å². The molecule has 112 valence electrons. The van der Waals surface area contributed by atoms with Crippen molar-refractivity contribution in [3.8, 4) is 11.5 Å². The molecule has 0 bridgehead atoms. The monoisotopic (exact) mass is 296 g/mol. The van der Waals surface area contributed by atoms with E-state index in [0.717, 1.165) is 11.1 Å². The lowest BCUT2D eigenvalue weighted by Crippen LogP contribution is -2.17. The summed E-state index contributed by atoms with van der Waals surface area (Å²) in [5, 5.41) is 4.01. The van der Waals surface area contributed by atoms with Gasteiger partial charge in [0, 0.05) is 5.56 Å². The van der Waals surface area contributed by atoms with E-state index in [1.54, 1.807) is 24.4 Å². The zero-order valence-corrected chi connectivity index (χ0v) is 12.4. The molecule has 0 aromatic heterocycles. The van der Waals surface area contributed by atoms with Crippen molar-refractivity contribution in [2.75, 3.05) is 6.79 Å². The third-order valence-corrected chi connectivity index (χ3v) is 3.43. The molecule has 0 saturated heterocycles. The average molecular weight is 296 g/mol. The molecule has 0 fully saturated rings. The van der Waals surface area contributed by atoms with Crippen LogP contribution in [0.3, 0.4) is 0 Å². The zero-order chi connectivity index (χ0) is 15.5. The van der Waals surface area contributed by atoms with Gasteiger partial charge in [-0.3, -0.25) is 4.79 Å². The molecule has 3 rings (SSSR count). The topological polar surface area (TPSA) is 59.9 Å². The summed E-state index contributed by atoms with van der Waals surface area (Å²) in [7, 11) is 0. The Labute approximate surface area is 128 Å². The van der Waals surface area contributed by atoms with Gasteiger partial charge in [-0.15, -0.1) is 0 Å². The first-order chi connectivity index (χ1) is 10.6. The SMILES string of the molecule is Cc1ccc(C=NNC(=O)c2ccc3c(c2)OCO3)c(C)c1. The number of rotatable bonds is 3. The van der Waals surface area contributed by atoms with Gasteiger partial charge in [-0.25, -0.2) is 5.43 Å². The molecule has 1 aliphatic rings. The number of aryl methyl sites for hydroxylation is 2. The molecule has 0 saturated carbocycles. The van der Waals surface area contributed by atoms with Gasteiger partial charge in [0.2, 0.25) is 6.79 Å². The number of nitrogens with one attached hydrogen (secondary N) is 1. The molecule has 1 N–H and O–H groups in total. The third kappa shape index (κ3) is 2.93. The van der Waals surface area contributed by atoms with Gasteiger partial charge in [-0.05, 0) is 43.2 Å². The van der Waals surface area contributed by atoms with E-state index in [2.05, 4.69) is 16.6 Å². The van der Waals surface area contributed by atoms with Crippen LogP contribution in [0.25, 0.3) is 0 Å². The Morgan fingerprint density at radius 3 is 2.77 bits per heavy atom. The number of benzene rings is 2. The molecule has 0 spiro atoms. The summed E-state index contributed by atoms with van der Waals surface area (Å²) in [5.74, 6) is 0.931. The quantitative estimate of drug-likeness (QED) is 0.700. The molecule has 0 unspecified atom stereocenters. The fraction of sp³-hybridized carbons (Fsp3) is 0.176. The van der Waals surface area contributed by atoms with Crippen molar-refractivity contribution in [3.05, 3.63) is 58.7 Å². The Morgan fingerprint density at radius 2 is 1.95 bits per heavy atom. The molecule has 0 radical (unpaired) electrons. The van der Waals surface area contributed by atoms with E-state index in [1.165, 1.54) is 5.56 Å². The molecule has 2 aromatic rings. The maximum Gasteiger partial charge on any atom is 0.271 e. The second-order valence-corrected chi connectivity index (χ2v) is 5.13. The molecular weight excluding hydrogens is 280 g/mol. The van der Waals surface area contributed by atoms with Gasteiger partial charge in [0.25, 0.3) is 5.91 Å². The minimum Gasteiger partial charge on any atom is -0.454 e. The number of hydrazone groups is 1. The first-order valence-corrected chi connectivity index (χ1v) is 6.94. The highest BCUT2D eigenvalue weighted by Gasteiger charge is 2.15. The van der Waals surface area contributed by atoms with Crippen LogP contribution in [-0.2, 0) is 0 Å². The predicted octanol–water partition coefficient (Wildman–Crippen LogP) is 2.80. The summed E-state index contributed by atoms with van der Waals surface area (Å²) < 4.78 is 10.5. The van der Waals surface area contributed by atoms with E-state index in [9.17, 15) is 4.79 Å². The van der Waals surface area contributed by atoms with Gasteiger partial charge in [0.05, 0.1) is 6.21 Å². The fourth-order valence-electron chi connectivity index (χ4n) is 2.23. The number of carbonyl (C=O) groups excluding carboxylic acids is 1. The number of hydrogen-bond donors (Lipinski definition) is 1. The van der Waals surface area contributed by atoms with Crippen molar-refractivity contribution >= 4 is 12.1 Å². The highest BCUT2D eigenvalue weighted by Crippen LogP contribution is 2.32. The standard InChI is InChI=1S/C17H16N2O3/c1-11-3-4-14(12(2)7-11)9-18-19-17(20)13-5-6-15-16(8-13)22-10-21-15/h3-9H,10H2,1-2H3,(H,19,20). The maximum absolute atomic E-state index is 12.1. The van der Waals surface area contributed by atoms with Crippen LogP contribution in [0.2, 0.25) is 0 Å². The van der Waals surface area contributed by atoms with Crippen LogP contribution in [-0.4, -0.2) is 18.9 Å². The van der Waals surface area contributed by atoms with Crippen LogP contribution < -0.4 is 14.9 Å². The van der Waals surface area contributed by atoms with Crippen LogP contribution in [0, 0.1) is 13.8 Å². The number of carbonyl (C=O) groups is 1. The van der Waals surface area contributed by atoms with Crippen molar-refractivity contribution in [3.63, 3.8) is 0 Å². The number of amides is 1. The lowest BCUT2D eigenvalue weighted by molar-refractivity contribution is 0.0954. The van der Waals surface area contributed by atoms with E-state index in [-0.39, 0.29) is 12.7 Å². The Bertz CT molecular complexity index is 754. The first kappa shape index (κ1) is 14.1. The second kappa shape index (κ2) is 5.89. The smallest absolute Gasteiger partial charge is 0.271 e. The number of hydrogen-bond acceptors (Lipinski definition) is 4. The second-order valence-electron chi connectivity index (χ2n) is 5.13. The summed E-state index contributed by atoms with van der Waals surface area (Å²) in [5.41, 5.74) is 6.26. The summed E-state index contributed by atoms with van der Waals surface area (Å²) >= 11 is 0. The lowest BCUT2D eigenvalue weighted by Gasteiger charge is -2.03. The molecule has 2 aromatic carbocycles. The largest absolute Gasteiger partial charge is 0.454 e. The summed E-state index contributed by atoms with van der Waals surface area (Å²) in [4.78, 5) is 12.1. The van der Waals surface area contributed by atoms with Gasteiger partial charge >= 0.3 is 0 Å². The Balaban J connectivity index is 1.68. The summed E-state index contributed by atoms with van der Waals surface area (Å²) in [6.07, 6.45) is 1.64. The van der Waals surface area contributed by atoms with Crippen LogP contribution in [0.5, 0.6) is 11.5 Å².